The SMILES string of the molecule is CC1OCCN(CC(C)(N)C(=O)O)C1C. The number of carboxylic acids is 1. The predicted octanol–water partition coefficient (Wildman–Crippen LogP) is -0.102. The molecule has 1 aliphatic heterocycles. The fourth-order valence-electron chi connectivity index (χ4n) is 1.71. The zero-order chi connectivity index (χ0) is 11.6. The van der Waals surface area contributed by atoms with E-state index in [1.54, 1.807) is 6.92 Å². The van der Waals surface area contributed by atoms with Crippen molar-refractivity contribution >= 4 is 5.97 Å². The number of ether oxygens (including phenoxy) is 1. The molecule has 3 atom stereocenters. The highest BCUT2D eigenvalue weighted by molar-refractivity contribution is 5.78. The van der Waals surface area contributed by atoms with E-state index >= 15 is 0 Å². The van der Waals surface area contributed by atoms with Crippen LogP contribution >= 0.6 is 0 Å². The van der Waals surface area contributed by atoms with Crippen molar-refractivity contribution in [2.24, 2.45) is 5.73 Å². The van der Waals surface area contributed by atoms with Crippen LogP contribution in [0.25, 0.3) is 0 Å². The van der Waals surface area contributed by atoms with Gasteiger partial charge in [0.1, 0.15) is 5.54 Å². The Morgan fingerprint density at radius 3 is 2.80 bits per heavy atom. The summed E-state index contributed by atoms with van der Waals surface area (Å²) in [5, 5.41) is 8.94. The third-order valence-corrected chi connectivity index (χ3v) is 3.03. The van der Waals surface area contributed by atoms with Gasteiger partial charge in [0.25, 0.3) is 0 Å². The maximum atomic E-state index is 10.9. The lowest BCUT2D eigenvalue weighted by atomic mass is 10.0. The van der Waals surface area contributed by atoms with Gasteiger partial charge < -0.3 is 15.6 Å². The lowest BCUT2D eigenvalue weighted by Crippen LogP contribution is -2.59. The second kappa shape index (κ2) is 4.47. The van der Waals surface area contributed by atoms with Crippen molar-refractivity contribution in [1.29, 1.82) is 0 Å². The molecule has 5 nitrogen and oxygen atoms in total. The average Bonchev–Trinajstić information content (AvgIpc) is 2.12. The zero-order valence-electron chi connectivity index (χ0n) is 9.56. The van der Waals surface area contributed by atoms with Gasteiger partial charge in [-0.15, -0.1) is 0 Å². The topological polar surface area (TPSA) is 75.8 Å². The summed E-state index contributed by atoms with van der Waals surface area (Å²) in [5.41, 5.74) is 4.53. The van der Waals surface area contributed by atoms with Crippen LogP contribution in [0.4, 0.5) is 0 Å². The minimum absolute atomic E-state index is 0.128. The Morgan fingerprint density at radius 1 is 1.67 bits per heavy atom. The van der Waals surface area contributed by atoms with E-state index in [0.29, 0.717) is 13.2 Å². The highest BCUT2D eigenvalue weighted by atomic mass is 16.5. The molecule has 0 aliphatic carbocycles. The minimum Gasteiger partial charge on any atom is -0.480 e. The average molecular weight is 216 g/mol. The molecule has 88 valence electrons. The van der Waals surface area contributed by atoms with Crippen molar-refractivity contribution in [3.05, 3.63) is 0 Å². The highest BCUT2D eigenvalue weighted by Gasteiger charge is 2.35. The summed E-state index contributed by atoms with van der Waals surface area (Å²) in [4.78, 5) is 13.0. The van der Waals surface area contributed by atoms with E-state index in [4.69, 9.17) is 15.6 Å². The molecule has 1 rings (SSSR count). The predicted molar refractivity (Wildman–Crippen MR) is 56.7 cm³/mol. The first-order chi connectivity index (χ1) is 6.84. The first-order valence-corrected chi connectivity index (χ1v) is 5.22. The van der Waals surface area contributed by atoms with Crippen LogP contribution in [0.5, 0.6) is 0 Å². The number of hydrogen-bond donors (Lipinski definition) is 2. The van der Waals surface area contributed by atoms with Gasteiger partial charge in [0.15, 0.2) is 0 Å². The second-order valence-electron chi connectivity index (χ2n) is 4.51. The number of hydrogen-bond acceptors (Lipinski definition) is 4. The Morgan fingerprint density at radius 2 is 2.27 bits per heavy atom. The van der Waals surface area contributed by atoms with Gasteiger partial charge in [-0.05, 0) is 20.8 Å². The molecule has 15 heavy (non-hydrogen) atoms. The molecule has 0 saturated carbocycles. The summed E-state index contributed by atoms with van der Waals surface area (Å²) in [6.45, 7) is 7.30. The van der Waals surface area contributed by atoms with Gasteiger partial charge in [0, 0.05) is 19.1 Å². The minimum atomic E-state index is -1.19. The summed E-state index contributed by atoms with van der Waals surface area (Å²) in [7, 11) is 0. The molecule has 0 aromatic carbocycles. The van der Waals surface area contributed by atoms with E-state index in [-0.39, 0.29) is 12.1 Å². The van der Waals surface area contributed by atoms with E-state index in [9.17, 15) is 4.79 Å². The van der Waals surface area contributed by atoms with Crippen LogP contribution in [0.2, 0.25) is 0 Å². The summed E-state index contributed by atoms with van der Waals surface area (Å²) < 4.78 is 5.47. The molecule has 0 radical (unpaired) electrons. The molecule has 0 aromatic rings. The maximum absolute atomic E-state index is 10.9. The standard InChI is InChI=1S/C10H20N2O3/c1-7-8(2)15-5-4-12(7)6-10(3,11)9(13)14/h7-8H,4-6,11H2,1-3H3,(H,13,14). The maximum Gasteiger partial charge on any atom is 0.324 e. The number of carboxylic acid groups (broad SMARTS) is 1. The lowest BCUT2D eigenvalue weighted by Gasteiger charge is -2.40. The largest absolute Gasteiger partial charge is 0.480 e. The Bertz CT molecular complexity index is 243. The van der Waals surface area contributed by atoms with Gasteiger partial charge in [-0.2, -0.15) is 0 Å². The fraction of sp³-hybridized carbons (Fsp3) is 0.900. The number of rotatable bonds is 3. The van der Waals surface area contributed by atoms with Crippen LogP contribution < -0.4 is 5.73 Å². The van der Waals surface area contributed by atoms with Crippen molar-refractivity contribution in [1.82, 2.24) is 4.90 Å². The fourth-order valence-corrected chi connectivity index (χ4v) is 1.71. The third kappa shape index (κ3) is 2.90. The van der Waals surface area contributed by atoms with E-state index in [2.05, 4.69) is 4.90 Å². The van der Waals surface area contributed by atoms with Crippen molar-refractivity contribution in [3.63, 3.8) is 0 Å². The van der Waals surface area contributed by atoms with Crippen molar-refractivity contribution in [2.75, 3.05) is 19.7 Å². The molecule has 0 bridgehead atoms. The quantitative estimate of drug-likeness (QED) is 0.689. The van der Waals surface area contributed by atoms with Gasteiger partial charge in [-0.3, -0.25) is 9.69 Å². The van der Waals surface area contributed by atoms with Crippen molar-refractivity contribution in [2.45, 2.75) is 38.5 Å². The van der Waals surface area contributed by atoms with Crippen LogP contribution in [-0.2, 0) is 9.53 Å². The van der Waals surface area contributed by atoms with Crippen molar-refractivity contribution in [3.8, 4) is 0 Å². The molecule has 0 aromatic heterocycles. The van der Waals surface area contributed by atoms with Crippen LogP contribution in [0.15, 0.2) is 0 Å². The van der Waals surface area contributed by atoms with Gasteiger partial charge in [0.05, 0.1) is 12.7 Å². The van der Waals surface area contributed by atoms with E-state index in [1.165, 1.54) is 0 Å². The summed E-state index contributed by atoms with van der Waals surface area (Å²) >= 11 is 0. The van der Waals surface area contributed by atoms with E-state index < -0.39 is 11.5 Å². The van der Waals surface area contributed by atoms with E-state index in [1.807, 2.05) is 13.8 Å². The first-order valence-electron chi connectivity index (χ1n) is 5.22. The third-order valence-electron chi connectivity index (χ3n) is 3.03. The summed E-state index contributed by atoms with van der Waals surface area (Å²) in [5.74, 6) is -0.964. The number of carbonyl (C=O) groups is 1. The van der Waals surface area contributed by atoms with Crippen LogP contribution in [0, 0.1) is 0 Å². The summed E-state index contributed by atoms with van der Waals surface area (Å²) in [6.07, 6.45) is 0.128. The molecular weight excluding hydrogens is 196 g/mol. The number of morpholine rings is 1. The highest BCUT2D eigenvalue weighted by Crippen LogP contribution is 2.16. The molecule has 0 amide bonds. The van der Waals surface area contributed by atoms with Gasteiger partial charge in [0.2, 0.25) is 0 Å². The number of aliphatic carboxylic acids is 1. The number of nitrogens with zero attached hydrogens (tertiary/aromatic N) is 1. The zero-order valence-corrected chi connectivity index (χ0v) is 9.56. The normalized spacial score (nSPS) is 32.3. The Kier molecular flexibility index (Phi) is 3.70. The molecule has 5 heteroatoms. The molecule has 1 saturated heterocycles. The molecule has 1 aliphatic rings. The molecule has 0 spiro atoms. The van der Waals surface area contributed by atoms with E-state index in [0.717, 1.165) is 6.54 Å². The number of nitrogens with two attached hydrogens (primary N) is 1. The molecular formula is C10H20N2O3. The van der Waals surface area contributed by atoms with Crippen molar-refractivity contribution < 1.29 is 14.6 Å². The summed E-state index contributed by atoms with van der Waals surface area (Å²) in [6, 6.07) is 0.209. The molecule has 1 fully saturated rings. The molecule has 1 heterocycles. The van der Waals surface area contributed by atoms with Gasteiger partial charge in [-0.25, -0.2) is 0 Å². The van der Waals surface area contributed by atoms with Gasteiger partial charge in [-0.1, -0.05) is 0 Å². The monoisotopic (exact) mass is 216 g/mol. The second-order valence-corrected chi connectivity index (χ2v) is 4.51. The van der Waals surface area contributed by atoms with Crippen LogP contribution in [0.3, 0.4) is 0 Å². The van der Waals surface area contributed by atoms with Gasteiger partial charge >= 0.3 is 5.97 Å². The smallest absolute Gasteiger partial charge is 0.324 e. The Hall–Kier alpha value is -0.650. The first kappa shape index (κ1) is 12.4. The molecule has 3 N–H and O–H groups in total. The van der Waals surface area contributed by atoms with Crippen LogP contribution in [-0.4, -0.2) is 53.4 Å². The Balaban J connectivity index is 2.61. The van der Waals surface area contributed by atoms with Crippen LogP contribution in [0.1, 0.15) is 20.8 Å². The molecule has 3 unspecified atom stereocenters. The Labute approximate surface area is 90.2 Å². The lowest BCUT2D eigenvalue weighted by molar-refractivity contribution is -0.145.